The molecule has 2 aromatic carbocycles. The lowest BCUT2D eigenvalue weighted by molar-refractivity contribution is 0.102. The Bertz CT molecular complexity index is 1010. The zero-order valence-electron chi connectivity index (χ0n) is 15.1. The van der Waals surface area contributed by atoms with Crippen molar-refractivity contribution in [2.75, 3.05) is 10.6 Å². The number of anilines is 2. The molecule has 0 atom stereocenters. The van der Waals surface area contributed by atoms with Crippen molar-refractivity contribution < 1.29 is 9.59 Å². The summed E-state index contributed by atoms with van der Waals surface area (Å²) in [6.07, 6.45) is 3.97. The first kappa shape index (κ1) is 18.7. The van der Waals surface area contributed by atoms with E-state index in [0.717, 1.165) is 31.2 Å². The van der Waals surface area contributed by atoms with Crippen LogP contribution >= 0.6 is 22.9 Å². The van der Waals surface area contributed by atoms with E-state index in [-0.39, 0.29) is 11.8 Å². The summed E-state index contributed by atoms with van der Waals surface area (Å²) >= 11 is 7.44. The number of amides is 2. The van der Waals surface area contributed by atoms with E-state index >= 15 is 0 Å². The lowest BCUT2D eigenvalue weighted by Crippen LogP contribution is -2.18. The average molecular weight is 411 g/mol. The number of carbonyl (C=O) groups excluding carboxylic acids is 2. The van der Waals surface area contributed by atoms with E-state index in [0.29, 0.717) is 26.8 Å². The fourth-order valence-electron chi connectivity index (χ4n) is 3.39. The molecule has 1 heterocycles. The maximum absolute atomic E-state index is 13.1. The molecule has 0 unspecified atom stereocenters. The number of aryl methyl sites for hydroxylation is 1. The monoisotopic (exact) mass is 410 g/mol. The summed E-state index contributed by atoms with van der Waals surface area (Å²) in [7, 11) is 0. The molecular weight excluding hydrogens is 392 g/mol. The van der Waals surface area contributed by atoms with Crippen LogP contribution in [0.3, 0.4) is 0 Å². The molecule has 28 heavy (non-hydrogen) atoms. The molecule has 2 amide bonds. The quantitative estimate of drug-likeness (QED) is 0.572. The molecule has 0 bridgehead atoms. The van der Waals surface area contributed by atoms with E-state index in [1.807, 2.05) is 18.2 Å². The van der Waals surface area contributed by atoms with Gasteiger partial charge in [0.25, 0.3) is 11.8 Å². The van der Waals surface area contributed by atoms with E-state index in [2.05, 4.69) is 10.6 Å². The molecule has 3 aromatic rings. The van der Waals surface area contributed by atoms with Crippen molar-refractivity contribution in [3.8, 4) is 0 Å². The molecule has 1 aliphatic carbocycles. The first-order valence-corrected chi connectivity index (χ1v) is 10.4. The highest BCUT2D eigenvalue weighted by Gasteiger charge is 2.26. The van der Waals surface area contributed by atoms with E-state index in [1.54, 1.807) is 36.4 Å². The highest BCUT2D eigenvalue weighted by molar-refractivity contribution is 7.17. The van der Waals surface area contributed by atoms with E-state index in [9.17, 15) is 9.59 Å². The van der Waals surface area contributed by atoms with Crippen LogP contribution in [-0.4, -0.2) is 11.8 Å². The van der Waals surface area contributed by atoms with Gasteiger partial charge < -0.3 is 10.6 Å². The summed E-state index contributed by atoms with van der Waals surface area (Å²) in [4.78, 5) is 26.9. The molecule has 6 heteroatoms. The summed E-state index contributed by atoms with van der Waals surface area (Å²) in [5, 5.41) is 7.12. The fourth-order valence-corrected chi connectivity index (χ4v) is 4.79. The summed E-state index contributed by atoms with van der Waals surface area (Å²) in [6, 6.07) is 16.0. The van der Waals surface area contributed by atoms with Crippen LogP contribution in [0.2, 0.25) is 5.02 Å². The van der Waals surface area contributed by atoms with Crippen LogP contribution in [0.25, 0.3) is 0 Å². The summed E-state index contributed by atoms with van der Waals surface area (Å²) in [5.74, 6) is -0.412. The van der Waals surface area contributed by atoms with Crippen molar-refractivity contribution in [3.63, 3.8) is 0 Å². The van der Waals surface area contributed by atoms with Crippen LogP contribution < -0.4 is 10.6 Å². The standard InChI is InChI=1S/C22H19ClN2O2S/c23-15-10-12-16(13-11-15)24-21(27)19-17-8-4-5-9-18(17)28-22(19)25-20(26)14-6-2-1-3-7-14/h1-3,6-7,10-13H,4-5,8-9H2,(H,24,27)(H,25,26). The van der Waals surface area contributed by atoms with E-state index in [1.165, 1.54) is 16.2 Å². The van der Waals surface area contributed by atoms with Crippen LogP contribution in [0.4, 0.5) is 10.7 Å². The molecule has 4 nitrogen and oxygen atoms in total. The molecule has 0 fully saturated rings. The lowest BCUT2D eigenvalue weighted by atomic mass is 9.95. The van der Waals surface area contributed by atoms with E-state index in [4.69, 9.17) is 11.6 Å². The molecule has 142 valence electrons. The zero-order chi connectivity index (χ0) is 19.5. The van der Waals surface area contributed by atoms with Gasteiger partial charge >= 0.3 is 0 Å². The normalized spacial score (nSPS) is 12.9. The Morgan fingerprint density at radius 1 is 0.857 bits per heavy atom. The summed E-state index contributed by atoms with van der Waals surface area (Å²) in [6.45, 7) is 0. The van der Waals surface area contributed by atoms with Gasteiger partial charge in [-0.1, -0.05) is 29.8 Å². The number of halogens is 1. The van der Waals surface area contributed by atoms with Crippen LogP contribution in [0, 0.1) is 0 Å². The van der Waals surface area contributed by atoms with Crippen LogP contribution in [0.5, 0.6) is 0 Å². The smallest absolute Gasteiger partial charge is 0.258 e. The molecule has 1 aliphatic rings. The topological polar surface area (TPSA) is 58.2 Å². The van der Waals surface area contributed by atoms with Crippen molar-refractivity contribution in [3.05, 3.63) is 81.2 Å². The van der Waals surface area contributed by atoms with Gasteiger partial charge in [0.05, 0.1) is 5.56 Å². The van der Waals surface area contributed by atoms with Gasteiger partial charge in [-0.2, -0.15) is 0 Å². The van der Waals surface area contributed by atoms with Gasteiger partial charge in [-0.25, -0.2) is 0 Å². The lowest BCUT2D eigenvalue weighted by Gasteiger charge is -2.13. The Hall–Kier alpha value is -2.63. The Morgan fingerprint density at radius 3 is 2.32 bits per heavy atom. The third kappa shape index (κ3) is 3.96. The highest BCUT2D eigenvalue weighted by Crippen LogP contribution is 2.38. The van der Waals surface area contributed by atoms with Gasteiger partial charge in [-0.3, -0.25) is 9.59 Å². The van der Waals surface area contributed by atoms with Crippen LogP contribution in [0.1, 0.15) is 44.0 Å². The van der Waals surface area contributed by atoms with Crippen molar-refractivity contribution in [1.29, 1.82) is 0 Å². The molecule has 0 spiro atoms. The first-order valence-electron chi connectivity index (χ1n) is 9.19. The maximum Gasteiger partial charge on any atom is 0.258 e. The number of thiophene rings is 1. The number of fused-ring (bicyclic) bond motifs is 1. The van der Waals surface area contributed by atoms with E-state index < -0.39 is 0 Å². The molecular formula is C22H19ClN2O2S. The second kappa shape index (κ2) is 8.17. The molecule has 0 radical (unpaired) electrons. The third-order valence-corrected chi connectivity index (χ3v) is 6.22. The summed E-state index contributed by atoms with van der Waals surface area (Å²) in [5.41, 5.74) is 2.88. The third-order valence-electron chi connectivity index (χ3n) is 4.76. The Morgan fingerprint density at radius 2 is 1.57 bits per heavy atom. The van der Waals surface area contributed by atoms with Gasteiger partial charge in [0, 0.05) is 21.2 Å². The first-order chi connectivity index (χ1) is 13.6. The number of hydrogen-bond donors (Lipinski definition) is 2. The minimum Gasteiger partial charge on any atom is -0.322 e. The second-order valence-electron chi connectivity index (χ2n) is 6.70. The van der Waals surface area contributed by atoms with Gasteiger partial charge in [-0.15, -0.1) is 11.3 Å². The Balaban J connectivity index is 1.65. The SMILES string of the molecule is O=C(Nc1sc2c(c1C(=O)Nc1ccc(Cl)cc1)CCCC2)c1ccccc1. The molecule has 1 aromatic heterocycles. The van der Waals surface area contributed by atoms with Crippen molar-refractivity contribution in [1.82, 2.24) is 0 Å². The molecule has 0 saturated heterocycles. The Kier molecular flexibility index (Phi) is 5.46. The molecule has 0 saturated carbocycles. The average Bonchev–Trinajstić information content (AvgIpc) is 3.08. The minimum atomic E-state index is -0.209. The van der Waals surface area contributed by atoms with Crippen LogP contribution in [-0.2, 0) is 12.8 Å². The van der Waals surface area contributed by atoms with Crippen LogP contribution in [0.15, 0.2) is 54.6 Å². The van der Waals surface area contributed by atoms with Crippen molar-refractivity contribution >= 4 is 45.4 Å². The van der Waals surface area contributed by atoms with Gasteiger partial charge in [0.15, 0.2) is 0 Å². The van der Waals surface area contributed by atoms with Crippen molar-refractivity contribution in [2.45, 2.75) is 25.7 Å². The number of rotatable bonds is 4. The number of hydrogen-bond acceptors (Lipinski definition) is 3. The number of nitrogens with one attached hydrogen (secondary N) is 2. The second-order valence-corrected chi connectivity index (χ2v) is 8.24. The predicted octanol–water partition coefficient (Wildman–Crippen LogP) is 5.78. The summed E-state index contributed by atoms with van der Waals surface area (Å²) < 4.78 is 0. The predicted molar refractivity (Wildman–Crippen MR) is 115 cm³/mol. The fraction of sp³-hybridized carbons (Fsp3) is 0.182. The minimum absolute atomic E-state index is 0.204. The number of benzene rings is 2. The molecule has 2 N–H and O–H groups in total. The maximum atomic E-state index is 13.1. The van der Waals surface area contributed by atoms with Gasteiger partial charge in [0.1, 0.15) is 5.00 Å². The highest BCUT2D eigenvalue weighted by atomic mass is 35.5. The molecule has 0 aliphatic heterocycles. The van der Waals surface area contributed by atoms with Gasteiger partial charge in [0.2, 0.25) is 0 Å². The largest absolute Gasteiger partial charge is 0.322 e. The Labute approximate surface area is 172 Å². The number of carbonyl (C=O) groups is 2. The zero-order valence-corrected chi connectivity index (χ0v) is 16.7. The van der Waals surface area contributed by atoms with Gasteiger partial charge in [-0.05, 0) is 67.6 Å². The van der Waals surface area contributed by atoms with Crippen molar-refractivity contribution in [2.24, 2.45) is 0 Å². The molecule has 4 rings (SSSR count).